The summed E-state index contributed by atoms with van der Waals surface area (Å²) in [5.74, 6) is -0.0753. The summed E-state index contributed by atoms with van der Waals surface area (Å²) in [5.41, 5.74) is 1.88. The number of benzene rings is 2. The predicted octanol–water partition coefficient (Wildman–Crippen LogP) is 3.57. The minimum atomic E-state index is -3.49. The second kappa shape index (κ2) is 10.2. The van der Waals surface area contributed by atoms with E-state index in [4.69, 9.17) is 0 Å². The molecule has 1 heterocycles. The second-order valence-electron chi connectivity index (χ2n) is 7.66. The van der Waals surface area contributed by atoms with Gasteiger partial charge in [-0.05, 0) is 49.2 Å². The second-order valence-corrected chi connectivity index (χ2v) is 9.60. The lowest BCUT2D eigenvalue weighted by Gasteiger charge is -2.32. The molecule has 2 aromatic carbocycles. The lowest BCUT2D eigenvalue weighted by Crippen LogP contribution is -2.40. The van der Waals surface area contributed by atoms with Gasteiger partial charge in [0.25, 0.3) is 0 Å². The Morgan fingerprint density at radius 1 is 1.07 bits per heavy atom. The molecule has 1 aliphatic rings. The zero-order valence-electron chi connectivity index (χ0n) is 17.8. The molecular formula is C23H31N3O3S. The molecular weight excluding hydrogens is 398 g/mol. The van der Waals surface area contributed by atoms with Crippen molar-refractivity contribution in [1.82, 2.24) is 9.21 Å². The van der Waals surface area contributed by atoms with E-state index in [1.165, 1.54) is 9.87 Å². The van der Waals surface area contributed by atoms with Crippen molar-refractivity contribution in [2.45, 2.75) is 38.1 Å². The number of nitrogens with zero attached hydrogens (tertiary/aromatic N) is 2. The molecule has 1 N–H and O–H groups in total. The Hall–Kier alpha value is -2.22. The van der Waals surface area contributed by atoms with Crippen molar-refractivity contribution >= 4 is 21.6 Å². The van der Waals surface area contributed by atoms with Gasteiger partial charge >= 0.3 is 0 Å². The van der Waals surface area contributed by atoms with Gasteiger partial charge in [-0.1, -0.05) is 44.2 Å². The molecule has 1 saturated heterocycles. The van der Waals surface area contributed by atoms with Crippen molar-refractivity contribution < 1.29 is 13.2 Å². The van der Waals surface area contributed by atoms with E-state index in [-0.39, 0.29) is 16.7 Å². The summed E-state index contributed by atoms with van der Waals surface area (Å²) in [4.78, 5) is 15.4. The Bertz CT molecular complexity index is 926. The Morgan fingerprint density at radius 2 is 1.73 bits per heavy atom. The molecule has 7 heteroatoms. The smallest absolute Gasteiger partial charge is 0.243 e. The van der Waals surface area contributed by atoms with E-state index >= 15 is 0 Å². The highest BCUT2D eigenvalue weighted by molar-refractivity contribution is 7.89. The number of carbonyl (C=O) groups excluding carboxylic acids is 1. The van der Waals surface area contributed by atoms with Crippen molar-refractivity contribution in [3.05, 3.63) is 60.2 Å². The molecule has 1 fully saturated rings. The summed E-state index contributed by atoms with van der Waals surface area (Å²) in [7, 11) is -3.49. The first kappa shape index (κ1) is 22.5. The average Bonchev–Trinajstić information content (AvgIpc) is 2.76. The standard InChI is InChI=1S/C23H31N3O3S/c1-3-26(4-2)30(28,29)22-14-12-21(13-15-22)24-23(27)20-11-8-16-25(18-20)17-19-9-6-5-7-10-19/h5-7,9-10,12-15,20H,3-4,8,11,16-18H2,1-2H3,(H,24,27). The van der Waals surface area contributed by atoms with Crippen LogP contribution in [0.25, 0.3) is 0 Å². The van der Waals surface area contributed by atoms with Crippen LogP contribution in [0.5, 0.6) is 0 Å². The summed E-state index contributed by atoms with van der Waals surface area (Å²) in [6.07, 6.45) is 1.86. The third-order valence-corrected chi connectivity index (χ3v) is 7.65. The molecule has 6 nitrogen and oxygen atoms in total. The summed E-state index contributed by atoms with van der Waals surface area (Å²) >= 11 is 0. The zero-order chi connectivity index (χ0) is 21.6. The van der Waals surface area contributed by atoms with Crippen LogP contribution in [0.3, 0.4) is 0 Å². The Labute approximate surface area is 179 Å². The SMILES string of the molecule is CCN(CC)S(=O)(=O)c1ccc(NC(=O)C2CCCN(Cc3ccccc3)C2)cc1. The van der Waals surface area contributed by atoms with Crippen LogP contribution in [0.1, 0.15) is 32.3 Å². The van der Waals surface area contributed by atoms with E-state index in [0.29, 0.717) is 18.8 Å². The van der Waals surface area contributed by atoms with Crippen LogP contribution in [0.15, 0.2) is 59.5 Å². The number of hydrogen-bond donors (Lipinski definition) is 1. The number of nitrogens with one attached hydrogen (secondary N) is 1. The van der Waals surface area contributed by atoms with Gasteiger partial charge in [0.1, 0.15) is 0 Å². The zero-order valence-corrected chi connectivity index (χ0v) is 18.6. The fraction of sp³-hybridized carbons (Fsp3) is 0.435. The third kappa shape index (κ3) is 5.47. The number of piperidine rings is 1. The van der Waals surface area contributed by atoms with E-state index in [2.05, 4.69) is 22.3 Å². The molecule has 162 valence electrons. The predicted molar refractivity (Wildman–Crippen MR) is 120 cm³/mol. The normalized spacial score (nSPS) is 17.8. The van der Waals surface area contributed by atoms with E-state index in [1.54, 1.807) is 24.3 Å². The first-order chi connectivity index (χ1) is 14.4. The van der Waals surface area contributed by atoms with E-state index in [9.17, 15) is 13.2 Å². The van der Waals surface area contributed by atoms with Gasteiger partial charge < -0.3 is 5.32 Å². The fourth-order valence-corrected chi connectivity index (χ4v) is 5.38. The third-order valence-electron chi connectivity index (χ3n) is 5.59. The maximum atomic E-state index is 12.8. The van der Waals surface area contributed by atoms with Crippen molar-refractivity contribution in [3.8, 4) is 0 Å². The Morgan fingerprint density at radius 3 is 2.37 bits per heavy atom. The van der Waals surface area contributed by atoms with Gasteiger partial charge in [-0.3, -0.25) is 9.69 Å². The number of amides is 1. The molecule has 1 aliphatic heterocycles. The molecule has 0 spiro atoms. The summed E-state index contributed by atoms with van der Waals surface area (Å²) in [6, 6.07) is 16.8. The maximum absolute atomic E-state index is 12.8. The molecule has 0 aliphatic carbocycles. The average molecular weight is 430 g/mol. The minimum Gasteiger partial charge on any atom is -0.326 e. The van der Waals surface area contributed by atoms with E-state index in [1.807, 2.05) is 32.0 Å². The van der Waals surface area contributed by atoms with Gasteiger partial charge in [-0.15, -0.1) is 0 Å². The number of carbonyl (C=O) groups is 1. The summed E-state index contributed by atoms with van der Waals surface area (Å²) in [6.45, 7) is 7.08. The highest BCUT2D eigenvalue weighted by Crippen LogP contribution is 2.22. The van der Waals surface area contributed by atoms with Crippen LogP contribution in [0.4, 0.5) is 5.69 Å². The topological polar surface area (TPSA) is 69.7 Å². The number of anilines is 1. The number of rotatable bonds is 8. The van der Waals surface area contributed by atoms with Gasteiger partial charge in [0.2, 0.25) is 15.9 Å². The molecule has 0 saturated carbocycles. The summed E-state index contributed by atoms with van der Waals surface area (Å²) in [5, 5.41) is 2.96. The van der Waals surface area contributed by atoms with Crippen molar-refractivity contribution in [1.29, 1.82) is 0 Å². The monoisotopic (exact) mass is 429 g/mol. The van der Waals surface area contributed by atoms with Crippen LogP contribution >= 0.6 is 0 Å². The largest absolute Gasteiger partial charge is 0.326 e. The van der Waals surface area contributed by atoms with Crippen molar-refractivity contribution in [2.24, 2.45) is 5.92 Å². The number of sulfonamides is 1. The highest BCUT2D eigenvalue weighted by atomic mass is 32.2. The molecule has 30 heavy (non-hydrogen) atoms. The van der Waals surface area contributed by atoms with Gasteiger partial charge in [0.15, 0.2) is 0 Å². The highest BCUT2D eigenvalue weighted by Gasteiger charge is 2.26. The van der Waals surface area contributed by atoms with Crippen molar-refractivity contribution in [2.75, 3.05) is 31.5 Å². The minimum absolute atomic E-state index is 0.00730. The first-order valence-corrected chi connectivity index (χ1v) is 12.1. The number of likely N-dealkylation sites (tertiary alicyclic amines) is 1. The van der Waals surface area contributed by atoms with E-state index < -0.39 is 10.0 Å². The van der Waals surface area contributed by atoms with Crippen molar-refractivity contribution in [3.63, 3.8) is 0 Å². The fourth-order valence-electron chi connectivity index (χ4n) is 3.92. The number of hydrogen-bond acceptors (Lipinski definition) is 4. The van der Waals surface area contributed by atoms with Gasteiger partial charge in [0.05, 0.1) is 10.8 Å². The lowest BCUT2D eigenvalue weighted by atomic mass is 9.96. The molecule has 2 aromatic rings. The Balaban J connectivity index is 1.60. The van der Waals surface area contributed by atoms with Gasteiger partial charge in [0, 0.05) is 31.9 Å². The quantitative estimate of drug-likeness (QED) is 0.697. The molecule has 1 amide bonds. The molecule has 0 radical (unpaired) electrons. The molecule has 0 aromatic heterocycles. The molecule has 1 unspecified atom stereocenters. The lowest BCUT2D eigenvalue weighted by molar-refractivity contribution is -0.121. The van der Waals surface area contributed by atoms with Gasteiger partial charge in [-0.25, -0.2) is 8.42 Å². The first-order valence-electron chi connectivity index (χ1n) is 10.6. The molecule has 1 atom stereocenters. The maximum Gasteiger partial charge on any atom is 0.243 e. The summed E-state index contributed by atoms with van der Waals surface area (Å²) < 4.78 is 26.6. The molecule has 3 rings (SSSR count). The van der Waals surface area contributed by atoms with E-state index in [0.717, 1.165) is 32.5 Å². The Kier molecular flexibility index (Phi) is 7.64. The van der Waals surface area contributed by atoms with Crippen LogP contribution in [0.2, 0.25) is 0 Å². The van der Waals surface area contributed by atoms with Gasteiger partial charge in [-0.2, -0.15) is 4.31 Å². The van der Waals surface area contributed by atoms with Crippen LogP contribution in [0, 0.1) is 5.92 Å². The molecule has 0 bridgehead atoms. The van der Waals surface area contributed by atoms with Crippen LogP contribution in [-0.4, -0.2) is 49.7 Å². The van der Waals surface area contributed by atoms with Crippen LogP contribution in [-0.2, 0) is 21.4 Å². The van der Waals surface area contributed by atoms with Crippen LogP contribution < -0.4 is 5.32 Å².